The normalized spacial score (nSPS) is 11.7. The average Bonchev–Trinajstić information content (AvgIpc) is 2.73. The van der Waals surface area contributed by atoms with Crippen molar-refractivity contribution in [3.63, 3.8) is 0 Å². The summed E-state index contributed by atoms with van der Waals surface area (Å²) in [4.78, 5) is 24.0. The standard InChI is InChI=1S/C13H17NO4/c1-13(2,3)14(9-12(16)17)11(15)7-6-10-5-4-8-18-10/h4-8H,9H2,1-3H3,(H,16,17). The van der Waals surface area contributed by atoms with E-state index in [0.717, 1.165) is 0 Å². The van der Waals surface area contributed by atoms with Crippen LogP contribution in [0.3, 0.4) is 0 Å². The number of carboxylic acids is 1. The number of nitrogens with zero attached hydrogens (tertiary/aromatic N) is 1. The lowest BCUT2D eigenvalue weighted by Crippen LogP contribution is -2.47. The molecule has 1 rings (SSSR count). The molecule has 1 heterocycles. The lowest BCUT2D eigenvalue weighted by atomic mass is 10.1. The molecule has 1 aromatic rings. The number of hydrogen-bond acceptors (Lipinski definition) is 3. The lowest BCUT2D eigenvalue weighted by molar-refractivity contribution is -0.145. The monoisotopic (exact) mass is 251 g/mol. The Balaban J connectivity index is 2.80. The van der Waals surface area contributed by atoms with Crippen LogP contribution in [0.4, 0.5) is 0 Å². The smallest absolute Gasteiger partial charge is 0.323 e. The fourth-order valence-electron chi connectivity index (χ4n) is 1.41. The Morgan fingerprint density at radius 1 is 1.44 bits per heavy atom. The summed E-state index contributed by atoms with van der Waals surface area (Å²) in [5, 5.41) is 8.81. The largest absolute Gasteiger partial charge is 0.480 e. The highest BCUT2D eigenvalue weighted by Gasteiger charge is 2.26. The van der Waals surface area contributed by atoms with Crippen molar-refractivity contribution in [3.05, 3.63) is 30.2 Å². The van der Waals surface area contributed by atoms with Crippen molar-refractivity contribution in [3.8, 4) is 0 Å². The van der Waals surface area contributed by atoms with Gasteiger partial charge in [-0.05, 0) is 39.0 Å². The molecular formula is C13H17NO4. The Morgan fingerprint density at radius 3 is 2.56 bits per heavy atom. The first kappa shape index (κ1) is 14.0. The van der Waals surface area contributed by atoms with Crippen molar-refractivity contribution in [1.82, 2.24) is 4.90 Å². The summed E-state index contributed by atoms with van der Waals surface area (Å²) in [5.41, 5.74) is -0.553. The summed E-state index contributed by atoms with van der Waals surface area (Å²) in [5.74, 6) is -0.849. The van der Waals surface area contributed by atoms with Crippen molar-refractivity contribution < 1.29 is 19.1 Å². The average molecular weight is 251 g/mol. The van der Waals surface area contributed by atoms with E-state index in [1.165, 1.54) is 23.3 Å². The van der Waals surface area contributed by atoms with E-state index >= 15 is 0 Å². The number of furan rings is 1. The molecule has 5 heteroatoms. The molecule has 0 saturated carbocycles. The van der Waals surface area contributed by atoms with Crippen molar-refractivity contribution in [2.24, 2.45) is 0 Å². The Bertz CT molecular complexity index is 440. The summed E-state index contributed by atoms with van der Waals surface area (Å²) in [7, 11) is 0. The molecule has 0 aliphatic rings. The second kappa shape index (κ2) is 5.53. The number of carbonyl (C=O) groups is 2. The van der Waals surface area contributed by atoms with Crippen molar-refractivity contribution in [1.29, 1.82) is 0 Å². The van der Waals surface area contributed by atoms with Crippen LogP contribution in [0.1, 0.15) is 26.5 Å². The Labute approximate surface area is 106 Å². The maximum Gasteiger partial charge on any atom is 0.323 e. The van der Waals surface area contributed by atoms with E-state index in [1.807, 2.05) is 0 Å². The predicted octanol–water partition coefficient (Wildman–Crippen LogP) is 2.00. The van der Waals surface area contributed by atoms with Crippen LogP contribution in [0.5, 0.6) is 0 Å². The molecule has 0 bridgehead atoms. The zero-order chi connectivity index (χ0) is 13.8. The van der Waals surface area contributed by atoms with E-state index in [-0.39, 0.29) is 12.5 Å². The number of aliphatic carboxylic acids is 1. The molecule has 0 aromatic carbocycles. The van der Waals surface area contributed by atoms with Crippen LogP contribution in [-0.2, 0) is 9.59 Å². The van der Waals surface area contributed by atoms with Gasteiger partial charge in [0, 0.05) is 11.6 Å². The Hall–Kier alpha value is -2.04. The molecule has 18 heavy (non-hydrogen) atoms. The minimum atomic E-state index is -1.04. The van der Waals surface area contributed by atoms with Gasteiger partial charge < -0.3 is 14.4 Å². The van der Waals surface area contributed by atoms with Crippen molar-refractivity contribution in [2.75, 3.05) is 6.54 Å². The third-order valence-corrected chi connectivity index (χ3v) is 2.30. The third-order valence-electron chi connectivity index (χ3n) is 2.30. The SMILES string of the molecule is CC(C)(C)N(CC(=O)O)C(=O)C=Cc1ccco1. The van der Waals surface area contributed by atoms with Crippen molar-refractivity contribution in [2.45, 2.75) is 26.3 Å². The topological polar surface area (TPSA) is 70.8 Å². The van der Waals surface area contributed by atoms with E-state index < -0.39 is 11.5 Å². The quantitative estimate of drug-likeness (QED) is 0.831. The lowest BCUT2D eigenvalue weighted by Gasteiger charge is -2.33. The fraction of sp³-hybridized carbons (Fsp3) is 0.385. The van der Waals surface area contributed by atoms with E-state index in [9.17, 15) is 9.59 Å². The molecule has 0 saturated heterocycles. The molecule has 0 radical (unpaired) electrons. The number of amides is 1. The van der Waals surface area contributed by atoms with Gasteiger partial charge in [-0.15, -0.1) is 0 Å². The predicted molar refractivity (Wildman–Crippen MR) is 66.8 cm³/mol. The first-order valence-corrected chi connectivity index (χ1v) is 5.55. The summed E-state index contributed by atoms with van der Waals surface area (Å²) < 4.78 is 5.06. The zero-order valence-electron chi connectivity index (χ0n) is 10.7. The highest BCUT2D eigenvalue weighted by molar-refractivity contribution is 5.93. The van der Waals surface area contributed by atoms with Crippen LogP contribution in [0.15, 0.2) is 28.9 Å². The Morgan fingerprint density at radius 2 is 2.11 bits per heavy atom. The van der Waals surface area contributed by atoms with Gasteiger partial charge in [-0.25, -0.2) is 0 Å². The Kier molecular flexibility index (Phi) is 4.31. The second-order valence-corrected chi connectivity index (χ2v) is 4.84. The molecular weight excluding hydrogens is 234 g/mol. The minimum absolute atomic E-state index is 0.329. The van der Waals surface area contributed by atoms with Gasteiger partial charge in [0.1, 0.15) is 12.3 Å². The second-order valence-electron chi connectivity index (χ2n) is 4.84. The summed E-state index contributed by atoms with van der Waals surface area (Å²) in [6.45, 7) is 5.03. The van der Waals surface area contributed by atoms with Gasteiger partial charge >= 0.3 is 5.97 Å². The first-order chi connectivity index (χ1) is 8.30. The summed E-state index contributed by atoms with van der Waals surface area (Å²) >= 11 is 0. The number of carboxylic acid groups (broad SMARTS) is 1. The van der Waals surface area contributed by atoms with Gasteiger partial charge in [0.2, 0.25) is 5.91 Å². The molecule has 1 amide bonds. The van der Waals surface area contributed by atoms with Gasteiger partial charge in [0.05, 0.1) is 6.26 Å². The highest BCUT2D eigenvalue weighted by Crippen LogP contribution is 2.14. The molecule has 0 aliphatic carbocycles. The summed E-state index contributed by atoms with van der Waals surface area (Å²) in [6, 6.07) is 3.42. The molecule has 0 fully saturated rings. The van der Waals surface area contributed by atoms with Crippen LogP contribution >= 0.6 is 0 Å². The van der Waals surface area contributed by atoms with E-state index in [1.54, 1.807) is 32.9 Å². The highest BCUT2D eigenvalue weighted by atomic mass is 16.4. The van der Waals surface area contributed by atoms with Crippen molar-refractivity contribution >= 4 is 18.0 Å². The number of carbonyl (C=O) groups excluding carboxylic acids is 1. The fourth-order valence-corrected chi connectivity index (χ4v) is 1.41. The van der Waals surface area contributed by atoms with Gasteiger partial charge in [-0.3, -0.25) is 9.59 Å². The zero-order valence-corrected chi connectivity index (χ0v) is 10.7. The molecule has 0 unspecified atom stereocenters. The third kappa shape index (κ3) is 4.08. The van der Waals surface area contributed by atoms with Gasteiger partial charge in [0.25, 0.3) is 0 Å². The van der Waals surface area contributed by atoms with Gasteiger partial charge in [-0.2, -0.15) is 0 Å². The van der Waals surface area contributed by atoms with Gasteiger partial charge in [0.15, 0.2) is 0 Å². The number of hydrogen-bond donors (Lipinski definition) is 1. The van der Waals surface area contributed by atoms with Crippen LogP contribution < -0.4 is 0 Å². The molecule has 0 aliphatic heterocycles. The van der Waals surface area contributed by atoms with Crippen LogP contribution in [-0.4, -0.2) is 34.0 Å². The maximum absolute atomic E-state index is 12.0. The molecule has 5 nitrogen and oxygen atoms in total. The van der Waals surface area contributed by atoms with Crippen LogP contribution in [0.25, 0.3) is 6.08 Å². The molecule has 0 atom stereocenters. The first-order valence-electron chi connectivity index (χ1n) is 5.55. The van der Waals surface area contributed by atoms with E-state index in [2.05, 4.69) is 0 Å². The van der Waals surface area contributed by atoms with E-state index in [0.29, 0.717) is 5.76 Å². The molecule has 1 N–H and O–H groups in total. The maximum atomic E-state index is 12.0. The minimum Gasteiger partial charge on any atom is -0.480 e. The number of rotatable bonds is 4. The van der Waals surface area contributed by atoms with Gasteiger partial charge in [-0.1, -0.05) is 0 Å². The van der Waals surface area contributed by atoms with Crippen LogP contribution in [0, 0.1) is 0 Å². The molecule has 0 spiro atoms. The van der Waals surface area contributed by atoms with E-state index in [4.69, 9.17) is 9.52 Å². The molecule has 1 aromatic heterocycles. The van der Waals surface area contributed by atoms with Crippen LogP contribution in [0.2, 0.25) is 0 Å². The molecule has 98 valence electrons. The summed E-state index contributed by atoms with van der Waals surface area (Å²) in [6.07, 6.45) is 4.33.